The quantitative estimate of drug-likeness (QED) is 0.833. The number of likely N-dealkylation sites (tertiary alicyclic amines) is 2. The van der Waals surface area contributed by atoms with E-state index in [1.807, 2.05) is 32.6 Å². The van der Waals surface area contributed by atoms with Gasteiger partial charge in [0.2, 0.25) is 17.7 Å². The van der Waals surface area contributed by atoms with Crippen LogP contribution in [0.15, 0.2) is 4.52 Å². The van der Waals surface area contributed by atoms with Crippen LogP contribution in [0.25, 0.3) is 0 Å². The molecule has 2 saturated heterocycles. The number of hydrogen-bond donors (Lipinski definition) is 0. The summed E-state index contributed by atoms with van der Waals surface area (Å²) in [5.41, 5.74) is 0. The number of aromatic nitrogens is 2. The van der Waals surface area contributed by atoms with Gasteiger partial charge in [0.15, 0.2) is 5.82 Å². The maximum Gasteiger partial charge on any atom is 0.229 e. The molecular weight excluding hydrogens is 320 g/mol. The molecule has 2 atom stereocenters. The van der Waals surface area contributed by atoms with E-state index >= 15 is 0 Å². The Kier molecular flexibility index (Phi) is 5.11. The van der Waals surface area contributed by atoms with Gasteiger partial charge in [-0.05, 0) is 26.7 Å². The van der Waals surface area contributed by atoms with Crippen LogP contribution in [0.1, 0.15) is 70.5 Å². The van der Waals surface area contributed by atoms with Crippen molar-refractivity contribution in [1.29, 1.82) is 0 Å². The summed E-state index contributed by atoms with van der Waals surface area (Å²) in [4.78, 5) is 33.2. The fraction of sp³-hybridized carbons (Fsp3) is 0.778. The smallest absolute Gasteiger partial charge is 0.229 e. The normalized spacial score (nSPS) is 24.6. The maximum atomic E-state index is 12.9. The second-order valence-electron chi connectivity index (χ2n) is 7.81. The third kappa shape index (κ3) is 3.70. The third-order valence-electron chi connectivity index (χ3n) is 5.18. The zero-order valence-corrected chi connectivity index (χ0v) is 15.6. The van der Waals surface area contributed by atoms with Gasteiger partial charge in [0.1, 0.15) is 0 Å². The van der Waals surface area contributed by atoms with Crippen molar-refractivity contribution in [3.63, 3.8) is 0 Å². The summed E-state index contributed by atoms with van der Waals surface area (Å²) < 4.78 is 5.31. The Bertz CT molecular complexity index is 640. The molecule has 0 saturated carbocycles. The Balaban J connectivity index is 1.65. The van der Waals surface area contributed by atoms with Crippen LogP contribution in [-0.2, 0) is 9.59 Å². The van der Waals surface area contributed by atoms with Gasteiger partial charge in [-0.25, -0.2) is 0 Å². The van der Waals surface area contributed by atoms with Crippen molar-refractivity contribution in [2.75, 3.05) is 19.6 Å². The number of carbonyl (C=O) groups is 2. The molecule has 0 aromatic carbocycles. The minimum absolute atomic E-state index is 0.0849. The van der Waals surface area contributed by atoms with Gasteiger partial charge in [-0.2, -0.15) is 4.98 Å². The largest absolute Gasteiger partial charge is 0.342 e. The molecule has 0 radical (unpaired) electrons. The molecule has 2 fully saturated rings. The lowest BCUT2D eigenvalue weighted by molar-refractivity contribution is -0.137. The predicted molar refractivity (Wildman–Crippen MR) is 91.9 cm³/mol. The lowest BCUT2D eigenvalue weighted by Crippen LogP contribution is -2.43. The molecule has 0 bridgehead atoms. The molecule has 3 heterocycles. The summed E-state index contributed by atoms with van der Waals surface area (Å²) in [5.74, 6) is 1.63. The number of carbonyl (C=O) groups excluding carboxylic acids is 2. The van der Waals surface area contributed by atoms with Crippen LogP contribution in [-0.4, -0.2) is 57.4 Å². The molecule has 3 rings (SSSR count). The van der Waals surface area contributed by atoms with Crippen molar-refractivity contribution in [2.45, 2.75) is 64.8 Å². The van der Waals surface area contributed by atoms with Crippen molar-refractivity contribution in [2.24, 2.45) is 5.92 Å². The summed E-state index contributed by atoms with van der Waals surface area (Å²) >= 11 is 0. The van der Waals surface area contributed by atoms with Gasteiger partial charge < -0.3 is 14.3 Å². The topological polar surface area (TPSA) is 79.5 Å². The molecule has 0 N–H and O–H groups in total. The zero-order valence-electron chi connectivity index (χ0n) is 15.6. The minimum Gasteiger partial charge on any atom is -0.342 e. The highest BCUT2D eigenvalue weighted by Gasteiger charge is 2.39. The van der Waals surface area contributed by atoms with Crippen molar-refractivity contribution in [3.05, 3.63) is 11.7 Å². The van der Waals surface area contributed by atoms with E-state index in [0.717, 1.165) is 19.4 Å². The summed E-state index contributed by atoms with van der Waals surface area (Å²) in [6, 6.07) is 0.146. The Morgan fingerprint density at radius 2 is 2.00 bits per heavy atom. The first-order chi connectivity index (χ1) is 11.9. The highest BCUT2D eigenvalue weighted by molar-refractivity contribution is 5.89. The molecular formula is C18H28N4O3. The van der Waals surface area contributed by atoms with Crippen LogP contribution >= 0.6 is 0 Å². The molecule has 0 aliphatic carbocycles. The Morgan fingerprint density at radius 1 is 1.24 bits per heavy atom. The number of piperidine rings is 1. The number of rotatable bonds is 4. The van der Waals surface area contributed by atoms with Gasteiger partial charge in [-0.3, -0.25) is 9.59 Å². The summed E-state index contributed by atoms with van der Waals surface area (Å²) in [5, 5.41) is 4.11. The van der Waals surface area contributed by atoms with E-state index in [1.54, 1.807) is 4.90 Å². The summed E-state index contributed by atoms with van der Waals surface area (Å²) in [6.45, 7) is 9.92. The molecule has 2 aliphatic heterocycles. The van der Waals surface area contributed by atoms with E-state index < -0.39 is 0 Å². The fourth-order valence-corrected chi connectivity index (χ4v) is 3.69. The van der Waals surface area contributed by atoms with Crippen molar-refractivity contribution < 1.29 is 14.1 Å². The monoisotopic (exact) mass is 348 g/mol. The second-order valence-corrected chi connectivity index (χ2v) is 7.81. The molecule has 1 aromatic heterocycles. The van der Waals surface area contributed by atoms with E-state index in [0.29, 0.717) is 31.2 Å². The van der Waals surface area contributed by atoms with E-state index in [9.17, 15) is 9.59 Å². The van der Waals surface area contributed by atoms with Crippen molar-refractivity contribution >= 4 is 11.8 Å². The minimum atomic E-state index is -0.217. The highest BCUT2D eigenvalue weighted by Crippen LogP contribution is 2.29. The Morgan fingerprint density at radius 3 is 2.60 bits per heavy atom. The molecule has 7 heteroatoms. The molecule has 138 valence electrons. The van der Waals surface area contributed by atoms with E-state index in [1.165, 1.54) is 0 Å². The van der Waals surface area contributed by atoms with Gasteiger partial charge in [-0.15, -0.1) is 0 Å². The molecule has 1 aromatic rings. The lowest BCUT2D eigenvalue weighted by atomic mass is 9.95. The average molecular weight is 348 g/mol. The van der Waals surface area contributed by atoms with Crippen molar-refractivity contribution in [1.82, 2.24) is 19.9 Å². The SMILES string of the molecule is CC(C)c1nc(C2CCCN(C(=O)C3CC(=O)N(C(C)C)C3)C2)no1. The summed E-state index contributed by atoms with van der Waals surface area (Å²) in [6.07, 6.45) is 2.22. The van der Waals surface area contributed by atoms with Gasteiger partial charge in [0.25, 0.3) is 0 Å². The van der Waals surface area contributed by atoms with Crippen LogP contribution in [0.4, 0.5) is 0 Å². The first-order valence-electron chi connectivity index (χ1n) is 9.28. The van der Waals surface area contributed by atoms with Crippen LogP contribution in [0.2, 0.25) is 0 Å². The van der Waals surface area contributed by atoms with Gasteiger partial charge >= 0.3 is 0 Å². The highest BCUT2D eigenvalue weighted by atomic mass is 16.5. The van der Waals surface area contributed by atoms with E-state index in [2.05, 4.69) is 10.1 Å². The lowest BCUT2D eigenvalue weighted by Gasteiger charge is -2.33. The number of hydrogen-bond acceptors (Lipinski definition) is 5. The fourth-order valence-electron chi connectivity index (χ4n) is 3.69. The van der Waals surface area contributed by atoms with Gasteiger partial charge in [0.05, 0.1) is 5.92 Å². The first-order valence-corrected chi connectivity index (χ1v) is 9.28. The van der Waals surface area contributed by atoms with Gasteiger partial charge in [-0.1, -0.05) is 19.0 Å². The number of nitrogens with zero attached hydrogens (tertiary/aromatic N) is 4. The third-order valence-corrected chi connectivity index (χ3v) is 5.18. The number of amides is 2. The molecule has 25 heavy (non-hydrogen) atoms. The molecule has 0 spiro atoms. The van der Waals surface area contributed by atoms with Crippen LogP contribution in [0, 0.1) is 5.92 Å². The van der Waals surface area contributed by atoms with Crippen LogP contribution in [0.5, 0.6) is 0 Å². The second kappa shape index (κ2) is 7.14. The molecule has 2 aliphatic rings. The Labute approximate surface area is 148 Å². The molecule has 2 amide bonds. The van der Waals surface area contributed by atoms with Gasteiger partial charge in [0, 0.05) is 43.9 Å². The zero-order chi connectivity index (χ0) is 18.1. The molecule has 2 unspecified atom stereocenters. The Hall–Kier alpha value is -1.92. The molecule has 7 nitrogen and oxygen atoms in total. The predicted octanol–water partition coefficient (Wildman–Crippen LogP) is 2.16. The average Bonchev–Trinajstić information content (AvgIpc) is 3.21. The first kappa shape index (κ1) is 17.9. The van der Waals surface area contributed by atoms with Crippen LogP contribution < -0.4 is 0 Å². The van der Waals surface area contributed by atoms with E-state index in [4.69, 9.17) is 4.52 Å². The van der Waals surface area contributed by atoms with Crippen LogP contribution in [0.3, 0.4) is 0 Å². The standard InChI is InChI=1S/C18H28N4O3/c1-11(2)17-19-16(20-25-17)13-6-5-7-21(9-13)18(24)14-8-15(23)22(10-14)12(3)4/h11-14H,5-10H2,1-4H3. The van der Waals surface area contributed by atoms with Crippen molar-refractivity contribution in [3.8, 4) is 0 Å². The summed E-state index contributed by atoms with van der Waals surface area (Å²) in [7, 11) is 0. The van der Waals surface area contributed by atoms with E-state index in [-0.39, 0.29) is 35.6 Å². The maximum absolute atomic E-state index is 12.9.